The summed E-state index contributed by atoms with van der Waals surface area (Å²) in [6.07, 6.45) is 3.24. The van der Waals surface area contributed by atoms with Crippen molar-refractivity contribution in [1.29, 1.82) is 0 Å². The molecule has 1 saturated carbocycles. The molecule has 168 valence electrons. The molecule has 7 nitrogen and oxygen atoms in total. The molecule has 1 atom stereocenters. The standard InChI is InChI=1S/C22H27F2N3O4/c1-12-2-4-13(5-3-12)27(14-10-25-11-14)22(30)31-15-8-17(23)20(18(24)9-15)16-6-7-19(28)26-21(16)29/h8-9,12-14,16,25H,2-7,10-11H2,1H3,(H,26,28,29). The number of halogens is 2. The van der Waals surface area contributed by atoms with Crippen molar-refractivity contribution < 1.29 is 27.9 Å². The summed E-state index contributed by atoms with van der Waals surface area (Å²) < 4.78 is 34.8. The first-order valence-corrected chi connectivity index (χ1v) is 10.9. The molecule has 1 aliphatic carbocycles. The number of imide groups is 1. The minimum atomic E-state index is -1.09. The van der Waals surface area contributed by atoms with Crippen LogP contribution in [-0.4, -0.2) is 48.0 Å². The topological polar surface area (TPSA) is 87.7 Å². The Bertz CT molecular complexity index is 859. The van der Waals surface area contributed by atoms with Gasteiger partial charge in [-0.1, -0.05) is 6.92 Å². The third kappa shape index (κ3) is 4.56. The van der Waals surface area contributed by atoms with Crippen molar-refractivity contribution in [3.8, 4) is 5.75 Å². The van der Waals surface area contributed by atoms with Gasteiger partial charge in [-0.2, -0.15) is 0 Å². The van der Waals surface area contributed by atoms with Gasteiger partial charge in [-0.15, -0.1) is 0 Å². The van der Waals surface area contributed by atoms with Crippen LogP contribution in [0.15, 0.2) is 12.1 Å². The van der Waals surface area contributed by atoms with E-state index in [2.05, 4.69) is 17.6 Å². The number of nitrogens with zero attached hydrogens (tertiary/aromatic N) is 1. The molecule has 9 heteroatoms. The van der Waals surface area contributed by atoms with E-state index >= 15 is 0 Å². The Labute approximate surface area is 179 Å². The molecular formula is C22H27F2N3O4. The molecule has 1 aromatic carbocycles. The van der Waals surface area contributed by atoms with Crippen molar-refractivity contribution in [3.05, 3.63) is 29.3 Å². The van der Waals surface area contributed by atoms with Crippen LogP contribution in [0.2, 0.25) is 0 Å². The molecule has 1 unspecified atom stereocenters. The summed E-state index contributed by atoms with van der Waals surface area (Å²) in [4.78, 5) is 38.0. The van der Waals surface area contributed by atoms with Crippen LogP contribution < -0.4 is 15.4 Å². The molecule has 2 aliphatic heterocycles. The van der Waals surface area contributed by atoms with E-state index in [9.17, 15) is 23.2 Å². The minimum absolute atomic E-state index is 0.00310. The highest BCUT2D eigenvalue weighted by atomic mass is 19.1. The smallest absolute Gasteiger partial charge is 0.410 e. The number of ether oxygens (including phenoxy) is 1. The summed E-state index contributed by atoms with van der Waals surface area (Å²) in [5.41, 5.74) is -0.411. The van der Waals surface area contributed by atoms with E-state index < -0.39 is 41.0 Å². The molecular weight excluding hydrogens is 408 g/mol. The van der Waals surface area contributed by atoms with Crippen LogP contribution in [0.25, 0.3) is 0 Å². The van der Waals surface area contributed by atoms with Crippen molar-refractivity contribution in [1.82, 2.24) is 15.5 Å². The van der Waals surface area contributed by atoms with Gasteiger partial charge >= 0.3 is 6.09 Å². The van der Waals surface area contributed by atoms with Gasteiger partial charge in [-0.25, -0.2) is 13.6 Å². The molecule has 3 amide bonds. The first-order valence-electron chi connectivity index (χ1n) is 10.9. The summed E-state index contributed by atoms with van der Waals surface area (Å²) in [6.45, 7) is 3.52. The van der Waals surface area contributed by atoms with Gasteiger partial charge in [-0.05, 0) is 38.0 Å². The Morgan fingerprint density at radius 3 is 2.23 bits per heavy atom. The van der Waals surface area contributed by atoms with Crippen molar-refractivity contribution in [2.24, 2.45) is 5.92 Å². The number of hydrogen-bond acceptors (Lipinski definition) is 5. The van der Waals surface area contributed by atoms with E-state index in [0.717, 1.165) is 37.8 Å². The Morgan fingerprint density at radius 2 is 1.68 bits per heavy atom. The minimum Gasteiger partial charge on any atom is -0.410 e. The van der Waals surface area contributed by atoms with Crippen LogP contribution in [0, 0.1) is 17.6 Å². The lowest BCUT2D eigenvalue weighted by atomic mass is 9.86. The lowest BCUT2D eigenvalue weighted by Gasteiger charge is -2.44. The van der Waals surface area contributed by atoms with E-state index in [1.807, 2.05) is 0 Å². The first kappa shape index (κ1) is 21.7. The number of nitrogens with one attached hydrogen (secondary N) is 2. The number of rotatable bonds is 4. The molecule has 0 bridgehead atoms. The first-order chi connectivity index (χ1) is 14.8. The highest BCUT2D eigenvalue weighted by molar-refractivity contribution is 6.01. The molecule has 2 N–H and O–H groups in total. The second-order valence-corrected chi connectivity index (χ2v) is 8.81. The van der Waals surface area contributed by atoms with Crippen LogP contribution in [-0.2, 0) is 9.59 Å². The maximum absolute atomic E-state index is 14.7. The second-order valence-electron chi connectivity index (χ2n) is 8.81. The van der Waals surface area contributed by atoms with Crippen molar-refractivity contribution in [2.75, 3.05) is 13.1 Å². The fourth-order valence-corrected chi connectivity index (χ4v) is 4.66. The van der Waals surface area contributed by atoms with Gasteiger partial charge in [-0.3, -0.25) is 19.8 Å². The number of carbonyl (C=O) groups excluding carboxylic acids is 3. The average molecular weight is 435 g/mol. The molecule has 3 aliphatic rings. The Hall–Kier alpha value is -2.55. The van der Waals surface area contributed by atoms with E-state index in [4.69, 9.17) is 4.74 Å². The third-order valence-corrected chi connectivity index (χ3v) is 6.59. The van der Waals surface area contributed by atoms with Crippen LogP contribution in [0.5, 0.6) is 5.75 Å². The largest absolute Gasteiger partial charge is 0.415 e. The van der Waals surface area contributed by atoms with Crippen LogP contribution >= 0.6 is 0 Å². The lowest BCUT2D eigenvalue weighted by Crippen LogP contribution is -2.62. The number of benzene rings is 1. The summed E-state index contributed by atoms with van der Waals surface area (Å²) in [6, 6.07) is 1.91. The third-order valence-electron chi connectivity index (χ3n) is 6.59. The second kappa shape index (κ2) is 8.90. The number of piperidine rings is 1. The summed E-state index contributed by atoms with van der Waals surface area (Å²) in [5, 5.41) is 5.25. The van der Waals surface area contributed by atoms with Gasteiger partial charge in [0.1, 0.15) is 17.4 Å². The number of hydrogen-bond donors (Lipinski definition) is 2. The van der Waals surface area contributed by atoms with Crippen molar-refractivity contribution >= 4 is 17.9 Å². The van der Waals surface area contributed by atoms with E-state index in [1.54, 1.807) is 4.90 Å². The number of carbonyl (C=O) groups is 3. The lowest BCUT2D eigenvalue weighted by molar-refractivity contribution is -0.134. The van der Waals surface area contributed by atoms with E-state index in [1.165, 1.54) is 0 Å². The van der Waals surface area contributed by atoms with Crippen LogP contribution in [0.1, 0.15) is 56.9 Å². The Kier molecular flexibility index (Phi) is 6.22. The summed E-state index contributed by atoms with van der Waals surface area (Å²) in [7, 11) is 0. The maximum atomic E-state index is 14.7. The zero-order valence-corrected chi connectivity index (χ0v) is 17.5. The van der Waals surface area contributed by atoms with E-state index in [0.29, 0.717) is 19.0 Å². The molecule has 0 aromatic heterocycles. The average Bonchev–Trinajstić information content (AvgIpc) is 2.66. The Balaban J connectivity index is 1.50. The highest BCUT2D eigenvalue weighted by Gasteiger charge is 2.37. The zero-order valence-electron chi connectivity index (χ0n) is 17.5. The van der Waals surface area contributed by atoms with Gasteiger partial charge < -0.3 is 10.1 Å². The molecule has 1 aromatic rings. The fraction of sp³-hybridized carbons (Fsp3) is 0.591. The molecule has 0 spiro atoms. The van der Waals surface area contributed by atoms with Gasteiger partial charge in [0.15, 0.2) is 0 Å². The molecule has 31 heavy (non-hydrogen) atoms. The van der Waals surface area contributed by atoms with Crippen LogP contribution in [0.4, 0.5) is 13.6 Å². The van der Waals surface area contributed by atoms with Crippen molar-refractivity contribution in [3.63, 3.8) is 0 Å². The predicted molar refractivity (Wildman–Crippen MR) is 107 cm³/mol. The molecule has 0 radical (unpaired) electrons. The SMILES string of the molecule is CC1CCC(N(C(=O)Oc2cc(F)c(C3CCC(=O)NC3=O)c(F)c2)C2CNC2)CC1. The fourth-order valence-electron chi connectivity index (χ4n) is 4.66. The van der Waals surface area contributed by atoms with Crippen LogP contribution in [0.3, 0.4) is 0 Å². The summed E-state index contributed by atoms with van der Waals surface area (Å²) in [5.74, 6) is -3.84. The monoisotopic (exact) mass is 435 g/mol. The zero-order chi connectivity index (χ0) is 22.1. The maximum Gasteiger partial charge on any atom is 0.415 e. The quantitative estimate of drug-likeness (QED) is 0.711. The van der Waals surface area contributed by atoms with Gasteiger partial charge in [0.2, 0.25) is 11.8 Å². The van der Waals surface area contributed by atoms with Gasteiger partial charge in [0.25, 0.3) is 0 Å². The van der Waals surface area contributed by atoms with Crippen molar-refractivity contribution in [2.45, 2.75) is 63.5 Å². The molecule has 3 fully saturated rings. The van der Waals surface area contributed by atoms with Gasteiger partial charge in [0.05, 0.1) is 12.0 Å². The molecule has 2 heterocycles. The highest BCUT2D eigenvalue weighted by Crippen LogP contribution is 2.33. The summed E-state index contributed by atoms with van der Waals surface area (Å²) >= 11 is 0. The molecule has 2 saturated heterocycles. The predicted octanol–water partition coefficient (Wildman–Crippen LogP) is 2.84. The van der Waals surface area contributed by atoms with E-state index in [-0.39, 0.29) is 30.7 Å². The van der Waals surface area contributed by atoms with Gasteiger partial charge in [0, 0.05) is 43.2 Å². The molecule has 4 rings (SSSR count). The Morgan fingerprint density at radius 1 is 1.03 bits per heavy atom. The number of amides is 3. The normalized spacial score (nSPS) is 26.7.